The first-order valence-electron chi connectivity index (χ1n) is 4.24. The SMILES string of the molecule is COC(=O)COc1c[n+](O)c(Br)cc1[N+](=O)[O-]. The number of ether oxygens (including phenoxy) is 2. The van der Waals surface area contributed by atoms with Gasteiger partial charge in [0.05, 0.1) is 12.0 Å². The lowest BCUT2D eigenvalue weighted by Crippen LogP contribution is -2.31. The summed E-state index contributed by atoms with van der Waals surface area (Å²) < 4.78 is 9.84. The zero-order valence-electron chi connectivity index (χ0n) is 8.62. The zero-order chi connectivity index (χ0) is 13.0. The van der Waals surface area contributed by atoms with Gasteiger partial charge in [0.15, 0.2) is 6.61 Å². The minimum Gasteiger partial charge on any atom is -0.471 e. The third kappa shape index (κ3) is 3.28. The van der Waals surface area contributed by atoms with Gasteiger partial charge < -0.3 is 9.47 Å². The number of carbonyl (C=O) groups is 1. The quantitative estimate of drug-likeness (QED) is 0.216. The van der Waals surface area contributed by atoms with Gasteiger partial charge in [-0.1, -0.05) is 0 Å². The molecule has 1 N–H and O–H groups in total. The Morgan fingerprint density at radius 1 is 1.71 bits per heavy atom. The van der Waals surface area contributed by atoms with Crippen molar-refractivity contribution in [1.29, 1.82) is 0 Å². The van der Waals surface area contributed by atoms with E-state index in [9.17, 15) is 20.1 Å². The summed E-state index contributed by atoms with van der Waals surface area (Å²) in [7, 11) is 1.16. The van der Waals surface area contributed by atoms with Crippen LogP contribution in [-0.2, 0) is 9.53 Å². The largest absolute Gasteiger partial charge is 0.471 e. The zero-order valence-corrected chi connectivity index (χ0v) is 10.2. The molecule has 1 aromatic heterocycles. The van der Waals surface area contributed by atoms with E-state index in [-0.39, 0.29) is 16.0 Å². The Bertz CT molecular complexity index is 464. The summed E-state index contributed by atoms with van der Waals surface area (Å²) in [6.45, 7) is -0.487. The predicted octanol–water partition coefficient (Wildman–Crippen LogP) is 0.434. The smallest absolute Gasteiger partial charge is 0.343 e. The van der Waals surface area contributed by atoms with E-state index in [0.717, 1.165) is 19.4 Å². The summed E-state index contributed by atoms with van der Waals surface area (Å²) in [6.07, 6.45) is 0.963. The summed E-state index contributed by atoms with van der Waals surface area (Å²) in [6, 6.07) is 1.05. The summed E-state index contributed by atoms with van der Waals surface area (Å²) >= 11 is 2.90. The molecule has 17 heavy (non-hydrogen) atoms. The molecule has 9 heteroatoms. The molecule has 0 aromatic carbocycles. The topological polar surface area (TPSA) is 103 Å². The van der Waals surface area contributed by atoms with E-state index in [0.29, 0.717) is 4.73 Å². The number of pyridine rings is 1. The molecular weight excluding hydrogens is 300 g/mol. The third-order valence-corrected chi connectivity index (χ3v) is 2.33. The van der Waals surface area contributed by atoms with E-state index < -0.39 is 17.5 Å². The van der Waals surface area contributed by atoms with Crippen LogP contribution in [0.2, 0.25) is 0 Å². The maximum atomic E-state index is 10.8. The molecule has 0 saturated carbocycles. The van der Waals surface area contributed by atoms with Gasteiger partial charge in [0.1, 0.15) is 6.07 Å². The van der Waals surface area contributed by atoms with Crippen molar-refractivity contribution in [1.82, 2.24) is 0 Å². The summed E-state index contributed by atoms with van der Waals surface area (Å²) in [4.78, 5) is 20.8. The van der Waals surface area contributed by atoms with Gasteiger partial charge in [-0.15, -0.1) is 0 Å². The van der Waals surface area contributed by atoms with Crippen molar-refractivity contribution >= 4 is 27.6 Å². The molecule has 1 aromatic rings. The third-order valence-electron chi connectivity index (χ3n) is 1.74. The highest BCUT2D eigenvalue weighted by atomic mass is 79.9. The first-order chi connectivity index (χ1) is 7.95. The van der Waals surface area contributed by atoms with Crippen molar-refractivity contribution in [2.45, 2.75) is 0 Å². The molecule has 0 aliphatic rings. The molecule has 0 spiro atoms. The van der Waals surface area contributed by atoms with Crippen LogP contribution in [0.3, 0.4) is 0 Å². The van der Waals surface area contributed by atoms with Crippen LogP contribution in [0.1, 0.15) is 0 Å². The van der Waals surface area contributed by atoms with Crippen molar-refractivity contribution in [3.63, 3.8) is 0 Å². The van der Waals surface area contributed by atoms with Gasteiger partial charge in [-0.3, -0.25) is 15.3 Å². The second-order valence-electron chi connectivity index (χ2n) is 2.81. The maximum Gasteiger partial charge on any atom is 0.343 e. The molecule has 0 amide bonds. The maximum absolute atomic E-state index is 10.8. The van der Waals surface area contributed by atoms with Crippen LogP contribution in [0, 0.1) is 10.1 Å². The molecule has 1 heterocycles. The van der Waals surface area contributed by atoms with Crippen LogP contribution >= 0.6 is 15.9 Å². The highest BCUT2D eigenvalue weighted by molar-refractivity contribution is 9.10. The Morgan fingerprint density at radius 3 is 2.88 bits per heavy atom. The van der Waals surface area contributed by atoms with Crippen molar-refractivity contribution in [2.75, 3.05) is 13.7 Å². The van der Waals surface area contributed by atoms with Crippen LogP contribution in [0.15, 0.2) is 16.9 Å². The van der Waals surface area contributed by atoms with E-state index in [2.05, 4.69) is 20.7 Å². The number of carbonyl (C=O) groups excluding carboxylic acids is 1. The van der Waals surface area contributed by atoms with Crippen molar-refractivity contribution in [3.05, 3.63) is 27.0 Å². The number of rotatable bonds is 4. The Balaban J connectivity index is 3.00. The summed E-state index contributed by atoms with van der Waals surface area (Å²) in [5.41, 5.74) is -0.383. The molecule has 0 aliphatic heterocycles. The van der Waals surface area contributed by atoms with E-state index in [1.165, 1.54) is 0 Å². The van der Waals surface area contributed by atoms with Gasteiger partial charge in [-0.25, -0.2) is 4.79 Å². The summed E-state index contributed by atoms with van der Waals surface area (Å²) in [5, 5.41) is 20.0. The molecule has 8 nitrogen and oxygen atoms in total. The Hall–Kier alpha value is -1.90. The molecule has 0 aliphatic carbocycles. The van der Waals surface area contributed by atoms with Gasteiger partial charge in [0.2, 0.25) is 0 Å². The fourth-order valence-electron chi connectivity index (χ4n) is 0.938. The normalized spacial score (nSPS) is 9.76. The number of hydrogen-bond acceptors (Lipinski definition) is 6. The Kier molecular flexibility index (Phi) is 4.21. The van der Waals surface area contributed by atoms with Crippen molar-refractivity contribution < 1.29 is 29.1 Å². The van der Waals surface area contributed by atoms with Gasteiger partial charge in [0, 0.05) is 20.7 Å². The lowest BCUT2D eigenvalue weighted by atomic mass is 10.4. The molecule has 0 radical (unpaired) electrons. The minimum absolute atomic E-state index is 0.0784. The number of halogens is 1. The molecule has 0 saturated heterocycles. The van der Waals surface area contributed by atoms with Crippen molar-refractivity contribution in [3.8, 4) is 5.75 Å². The number of nitrogens with zero attached hydrogens (tertiary/aromatic N) is 2. The first kappa shape index (κ1) is 13.2. The van der Waals surface area contributed by atoms with E-state index in [1.807, 2.05) is 0 Å². The number of hydrogen-bond donors (Lipinski definition) is 1. The number of esters is 1. The van der Waals surface area contributed by atoms with Gasteiger partial charge in [-0.2, -0.15) is 0 Å². The van der Waals surface area contributed by atoms with Crippen LogP contribution < -0.4 is 9.47 Å². The minimum atomic E-state index is -0.697. The van der Waals surface area contributed by atoms with Gasteiger partial charge in [0.25, 0.3) is 11.9 Å². The lowest BCUT2D eigenvalue weighted by molar-refractivity contribution is -0.913. The first-order valence-corrected chi connectivity index (χ1v) is 5.03. The highest BCUT2D eigenvalue weighted by Crippen LogP contribution is 2.27. The molecule has 0 bridgehead atoms. The standard InChI is InChI=1S/C8H8BrN2O6/c1-16-8(12)4-17-6-3-10(13)7(9)2-5(6)11(14)15/h2-3,13H,4H2,1H3/q+1. The van der Waals surface area contributed by atoms with E-state index in [1.54, 1.807) is 0 Å². The van der Waals surface area contributed by atoms with Gasteiger partial charge >= 0.3 is 16.3 Å². The van der Waals surface area contributed by atoms with Crippen LogP contribution in [-0.4, -0.2) is 29.8 Å². The van der Waals surface area contributed by atoms with E-state index >= 15 is 0 Å². The Morgan fingerprint density at radius 2 is 2.35 bits per heavy atom. The fraction of sp³-hybridized carbons (Fsp3) is 0.250. The number of aromatic nitrogens is 1. The number of methoxy groups -OCH3 is 1. The number of nitro groups is 1. The average Bonchev–Trinajstić information content (AvgIpc) is 2.29. The molecule has 0 fully saturated rings. The molecule has 0 unspecified atom stereocenters. The van der Waals surface area contributed by atoms with Crippen LogP contribution in [0.4, 0.5) is 5.69 Å². The van der Waals surface area contributed by atoms with Crippen molar-refractivity contribution in [2.24, 2.45) is 0 Å². The lowest BCUT2D eigenvalue weighted by Gasteiger charge is -2.03. The van der Waals surface area contributed by atoms with Crippen LogP contribution in [0.25, 0.3) is 0 Å². The highest BCUT2D eigenvalue weighted by Gasteiger charge is 2.25. The Labute approximate surface area is 104 Å². The average molecular weight is 308 g/mol. The fourth-order valence-corrected chi connectivity index (χ4v) is 1.26. The molecule has 92 valence electrons. The predicted molar refractivity (Wildman–Crippen MR) is 55.7 cm³/mol. The van der Waals surface area contributed by atoms with Crippen LogP contribution in [0.5, 0.6) is 5.75 Å². The van der Waals surface area contributed by atoms with Gasteiger partial charge in [-0.05, 0) is 0 Å². The second-order valence-corrected chi connectivity index (χ2v) is 3.62. The summed E-state index contributed by atoms with van der Waals surface area (Å²) in [5.74, 6) is -0.933. The second kappa shape index (κ2) is 5.43. The monoisotopic (exact) mass is 307 g/mol. The molecule has 1 rings (SSSR count). The van der Waals surface area contributed by atoms with E-state index in [4.69, 9.17) is 4.74 Å². The molecule has 0 atom stereocenters. The molecular formula is C8H8BrN2O6+.